The molecule has 0 unspecified atom stereocenters. The van der Waals surface area contributed by atoms with Crippen LogP contribution >= 0.6 is 0 Å². The average Bonchev–Trinajstić information content (AvgIpc) is 2.89. The minimum Gasteiger partial charge on any atom is -0.334 e. The standard InChI is InChI=1S/C15H17F2N3O/c1-10-4-5-12(8-11(10)2)14(21)19(3)9-13-18-6-7-20(13)15(16)17/h4-8,15H,9H2,1-3H3. The van der Waals surface area contributed by atoms with Crippen molar-refractivity contribution in [2.24, 2.45) is 0 Å². The van der Waals surface area contributed by atoms with Gasteiger partial charge >= 0.3 is 6.55 Å². The van der Waals surface area contributed by atoms with Gasteiger partial charge in [-0.2, -0.15) is 8.78 Å². The molecule has 0 spiro atoms. The third-order valence-corrected chi connectivity index (χ3v) is 3.44. The van der Waals surface area contributed by atoms with Crippen LogP contribution in [0.1, 0.15) is 33.9 Å². The van der Waals surface area contributed by atoms with Crippen LogP contribution in [0.2, 0.25) is 0 Å². The molecule has 21 heavy (non-hydrogen) atoms. The number of imidazole rings is 1. The molecule has 1 heterocycles. The Labute approximate surface area is 122 Å². The minimum absolute atomic E-state index is 0.0309. The van der Waals surface area contributed by atoms with E-state index in [4.69, 9.17) is 0 Å². The van der Waals surface area contributed by atoms with Crippen LogP contribution < -0.4 is 0 Å². The Morgan fingerprint density at radius 3 is 2.67 bits per heavy atom. The molecule has 2 aromatic rings. The number of aryl methyl sites for hydroxylation is 2. The van der Waals surface area contributed by atoms with Gasteiger partial charge in [-0.05, 0) is 37.1 Å². The number of halogens is 2. The number of carbonyl (C=O) groups is 1. The summed E-state index contributed by atoms with van der Waals surface area (Å²) in [5.74, 6) is -0.0633. The normalized spacial score (nSPS) is 11.0. The number of hydrogen-bond acceptors (Lipinski definition) is 2. The quantitative estimate of drug-likeness (QED) is 0.868. The third kappa shape index (κ3) is 3.26. The molecular weight excluding hydrogens is 276 g/mol. The van der Waals surface area contributed by atoms with E-state index < -0.39 is 6.55 Å². The molecule has 0 aliphatic heterocycles. The second kappa shape index (κ2) is 6.03. The van der Waals surface area contributed by atoms with E-state index in [0.29, 0.717) is 5.56 Å². The van der Waals surface area contributed by atoms with Gasteiger partial charge in [-0.3, -0.25) is 9.36 Å². The van der Waals surface area contributed by atoms with Crippen LogP contribution in [0, 0.1) is 13.8 Å². The smallest absolute Gasteiger partial charge is 0.319 e. The zero-order valence-corrected chi connectivity index (χ0v) is 12.2. The van der Waals surface area contributed by atoms with E-state index in [2.05, 4.69) is 4.98 Å². The van der Waals surface area contributed by atoms with Gasteiger partial charge in [0.25, 0.3) is 5.91 Å². The summed E-state index contributed by atoms with van der Waals surface area (Å²) in [6.45, 7) is 1.26. The number of hydrogen-bond donors (Lipinski definition) is 0. The van der Waals surface area contributed by atoms with E-state index in [9.17, 15) is 13.6 Å². The first kappa shape index (κ1) is 15.2. The second-order valence-electron chi connectivity index (χ2n) is 4.99. The van der Waals surface area contributed by atoms with Gasteiger partial charge < -0.3 is 4.90 Å². The number of alkyl halides is 2. The van der Waals surface area contributed by atoms with Crippen molar-refractivity contribution in [1.29, 1.82) is 0 Å². The molecule has 0 saturated carbocycles. The van der Waals surface area contributed by atoms with Crippen molar-refractivity contribution in [3.8, 4) is 0 Å². The van der Waals surface area contributed by atoms with E-state index in [-0.39, 0.29) is 18.3 Å². The highest BCUT2D eigenvalue weighted by atomic mass is 19.3. The number of aromatic nitrogens is 2. The summed E-state index contributed by atoms with van der Waals surface area (Å²) in [6.07, 6.45) is 2.50. The lowest BCUT2D eigenvalue weighted by atomic mass is 10.1. The largest absolute Gasteiger partial charge is 0.334 e. The zero-order valence-electron chi connectivity index (χ0n) is 12.2. The van der Waals surface area contributed by atoms with Gasteiger partial charge in [0.2, 0.25) is 0 Å². The first-order valence-electron chi connectivity index (χ1n) is 6.52. The molecule has 4 nitrogen and oxygen atoms in total. The van der Waals surface area contributed by atoms with Crippen molar-refractivity contribution in [1.82, 2.24) is 14.5 Å². The first-order chi connectivity index (χ1) is 9.90. The molecule has 1 aromatic carbocycles. The van der Waals surface area contributed by atoms with Gasteiger partial charge in [0.1, 0.15) is 5.82 Å². The molecule has 0 N–H and O–H groups in total. The van der Waals surface area contributed by atoms with E-state index in [1.807, 2.05) is 19.9 Å². The molecule has 2 rings (SSSR count). The molecule has 0 aliphatic rings. The van der Waals surface area contributed by atoms with Crippen LogP contribution in [0.5, 0.6) is 0 Å². The lowest BCUT2D eigenvalue weighted by Crippen LogP contribution is -2.28. The maximum Gasteiger partial charge on any atom is 0.319 e. The van der Waals surface area contributed by atoms with E-state index in [1.165, 1.54) is 17.3 Å². The first-order valence-corrected chi connectivity index (χ1v) is 6.52. The highest BCUT2D eigenvalue weighted by Crippen LogP contribution is 2.16. The topological polar surface area (TPSA) is 38.1 Å². The van der Waals surface area contributed by atoms with Crippen LogP contribution in [0.25, 0.3) is 0 Å². The average molecular weight is 293 g/mol. The summed E-state index contributed by atoms with van der Waals surface area (Å²) in [6, 6.07) is 5.41. The molecule has 0 bridgehead atoms. The van der Waals surface area contributed by atoms with Crippen molar-refractivity contribution in [3.63, 3.8) is 0 Å². The number of benzene rings is 1. The molecule has 1 amide bonds. The van der Waals surface area contributed by atoms with Crippen molar-refractivity contribution >= 4 is 5.91 Å². The maximum absolute atomic E-state index is 12.8. The number of nitrogens with zero attached hydrogens (tertiary/aromatic N) is 3. The summed E-state index contributed by atoms with van der Waals surface area (Å²) in [7, 11) is 1.57. The highest BCUT2D eigenvalue weighted by Gasteiger charge is 2.17. The van der Waals surface area contributed by atoms with Crippen LogP contribution in [0.4, 0.5) is 8.78 Å². The predicted octanol–water partition coefficient (Wildman–Crippen LogP) is 3.17. The molecule has 112 valence electrons. The molecule has 0 saturated heterocycles. The van der Waals surface area contributed by atoms with Crippen LogP contribution in [-0.4, -0.2) is 27.4 Å². The summed E-state index contributed by atoms with van der Waals surface area (Å²) in [4.78, 5) is 17.6. The monoisotopic (exact) mass is 293 g/mol. The molecule has 1 aromatic heterocycles. The number of amides is 1. The van der Waals surface area contributed by atoms with Gasteiger partial charge in [0.15, 0.2) is 0 Å². The molecule has 0 fully saturated rings. The fourth-order valence-electron chi connectivity index (χ4n) is 2.02. The molecule has 0 aliphatic carbocycles. The molecule has 0 radical (unpaired) electrons. The van der Waals surface area contributed by atoms with Crippen LogP contribution in [-0.2, 0) is 6.54 Å². The second-order valence-corrected chi connectivity index (χ2v) is 4.99. The third-order valence-electron chi connectivity index (χ3n) is 3.44. The predicted molar refractivity (Wildman–Crippen MR) is 75.2 cm³/mol. The minimum atomic E-state index is -2.66. The van der Waals surface area contributed by atoms with Gasteiger partial charge in [0, 0.05) is 25.0 Å². The van der Waals surface area contributed by atoms with Crippen molar-refractivity contribution in [2.75, 3.05) is 7.05 Å². The Morgan fingerprint density at radius 2 is 2.05 bits per heavy atom. The zero-order chi connectivity index (χ0) is 15.6. The van der Waals surface area contributed by atoms with E-state index in [1.54, 1.807) is 19.2 Å². The number of carbonyl (C=O) groups excluding carboxylic acids is 1. The summed E-state index contributed by atoms with van der Waals surface area (Å²) in [5, 5.41) is 0. The highest BCUT2D eigenvalue weighted by molar-refractivity contribution is 5.94. The summed E-state index contributed by atoms with van der Waals surface area (Å²) < 4.78 is 26.3. The summed E-state index contributed by atoms with van der Waals surface area (Å²) in [5.41, 5.74) is 2.65. The molecular formula is C15H17F2N3O. The fraction of sp³-hybridized carbons (Fsp3) is 0.333. The fourth-order valence-corrected chi connectivity index (χ4v) is 2.02. The molecule has 0 atom stereocenters. The maximum atomic E-state index is 12.8. The SMILES string of the molecule is Cc1ccc(C(=O)N(C)Cc2nccn2C(F)F)cc1C. The van der Waals surface area contributed by atoms with Gasteiger partial charge in [0.05, 0.1) is 6.54 Å². The van der Waals surface area contributed by atoms with Gasteiger partial charge in [-0.25, -0.2) is 4.98 Å². The van der Waals surface area contributed by atoms with Gasteiger partial charge in [-0.15, -0.1) is 0 Å². The van der Waals surface area contributed by atoms with E-state index in [0.717, 1.165) is 15.7 Å². The summed E-state index contributed by atoms with van der Waals surface area (Å²) >= 11 is 0. The Hall–Kier alpha value is -2.24. The van der Waals surface area contributed by atoms with Crippen molar-refractivity contribution in [2.45, 2.75) is 26.9 Å². The Morgan fingerprint density at radius 1 is 1.33 bits per heavy atom. The lowest BCUT2D eigenvalue weighted by molar-refractivity contribution is 0.0612. The Bertz CT molecular complexity index is 652. The lowest BCUT2D eigenvalue weighted by Gasteiger charge is -2.18. The van der Waals surface area contributed by atoms with Gasteiger partial charge in [-0.1, -0.05) is 6.07 Å². The Kier molecular flexibility index (Phi) is 4.35. The Balaban J connectivity index is 2.15. The van der Waals surface area contributed by atoms with E-state index >= 15 is 0 Å². The number of rotatable bonds is 4. The van der Waals surface area contributed by atoms with Crippen molar-refractivity contribution in [3.05, 3.63) is 53.1 Å². The van der Waals surface area contributed by atoms with Crippen LogP contribution in [0.15, 0.2) is 30.6 Å². The van der Waals surface area contributed by atoms with Crippen LogP contribution in [0.3, 0.4) is 0 Å². The molecule has 6 heteroatoms. The van der Waals surface area contributed by atoms with Crippen molar-refractivity contribution < 1.29 is 13.6 Å².